The van der Waals surface area contributed by atoms with Crippen molar-refractivity contribution in [2.45, 2.75) is 24.2 Å². The summed E-state index contributed by atoms with van der Waals surface area (Å²) in [6, 6.07) is 2.01. The summed E-state index contributed by atoms with van der Waals surface area (Å²) in [5.41, 5.74) is 0.529. The fraction of sp³-hybridized carbons (Fsp3) is 0.545. The largest absolute Gasteiger partial charge is 0.341 e. The van der Waals surface area contributed by atoms with Gasteiger partial charge in [-0.25, -0.2) is 0 Å². The fourth-order valence-corrected chi connectivity index (χ4v) is 3.14. The first-order valence-electron chi connectivity index (χ1n) is 5.01. The maximum atomic E-state index is 12.1. The SMILES string of the molecule is CN(Cc1ccsc1)C(=O)[C@@]1(C)CC1(Cl)Cl. The van der Waals surface area contributed by atoms with E-state index in [9.17, 15) is 4.79 Å². The van der Waals surface area contributed by atoms with Gasteiger partial charge < -0.3 is 4.90 Å². The van der Waals surface area contributed by atoms with Crippen LogP contribution in [-0.2, 0) is 11.3 Å². The summed E-state index contributed by atoms with van der Waals surface area (Å²) in [6.07, 6.45) is 0.538. The molecular weight excluding hydrogens is 265 g/mol. The molecule has 1 aliphatic carbocycles. The van der Waals surface area contributed by atoms with Crippen molar-refractivity contribution in [1.82, 2.24) is 4.90 Å². The lowest BCUT2D eigenvalue weighted by atomic mass is 10.1. The van der Waals surface area contributed by atoms with Crippen LogP contribution in [0.5, 0.6) is 0 Å². The molecule has 0 unspecified atom stereocenters. The van der Waals surface area contributed by atoms with Crippen LogP contribution in [0.1, 0.15) is 18.9 Å². The van der Waals surface area contributed by atoms with E-state index in [-0.39, 0.29) is 5.91 Å². The predicted octanol–water partition coefficient (Wildman–Crippen LogP) is 3.29. The summed E-state index contributed by atoms with van der Waals surface area (Å²) in [5, 5.41) is 4.04. The van der Waals surface area contributed by atoms with E-state index in [4.69, 9.17) is 23.2 Å². The van der Waals surface area contributed by atoms with E-state index >= 15 is 0 Å². The van der Waals surface area contributed by atoms with Gasteiger partial charge in [-0.3, -0.25) is 4.79 Å². The predicted molar refractivity (Wildman–Crippen MR) is 68.0 cm³/mol. The van der Waals surface area contributed by atoms with Crippen LogP contribution in [0.15, 0.2) is 16.8 Å². The van der Waals surface area contributed by atoms with Crippen LogP contribution in [0, 0.1) is 5.41 Å². The summed E-state index contributed by atoms with van der Waals surface area (Å²) in [6.45, 7) is 2.43. The number of amides is 1. The van der Waals surface area contributed by atoms with Crippen molar-refractivity contribution < 1.29 is 4.79 Å². The lowest BCUT2D eigenvalue weighted by Gasteiger charge is -2.21. The molecule has 2 nitrogen and oxygen atoms in total. The Labute approximate surface area is 109 Å². The molecular formula is C11H13Cl2NOS. The first kappa shape index (κ1) is 12.2. The number of halogens is 2. The highest BCUT2D eigenvalue weighted by molar-refractivity contribution is 7.07. The molecule has 0 aliphatic heterocycles. The Kier molecular flexibility index (Phi) is 2.97. The molecule has 1 atom stereocenters. The highest BCUT2D eigenvalue weighted by Crippen LogP contribution is 2.64. The molecule has 1 aromatic rings. The first-order chi connectivity index (χ1) is 7.37. The third kappa shape index (κ3) is 1.96. The van der Waals surface area contributed by atoms with Gasteiger partial charge in [0.15, 0.2) is 0 Å². The van der Waals surface area contributed by atoms with Crippen molar-refractivity contribution in [3.8, 4) is 0 Å². The molecule has 0 N–H and O–H groups in total. The highest BCUT2D eigenvalue weighted by atomic mass is 35.5. The summed E-state index contributed by atoms with van der Waals surface area (Å²) in [4.78, 5) is 13.8. The topological polar surface area (TPSA) is 20.3 Å². The molecule has 2 rings (SSSR count). The lowest BCUT2D eigenvalue weighted by molar-refractivity contribution is -0.135. The number of carbonyl (C=O) groups is 1. The number of carbonyl (C=O) groups excluding carboxylic acids is 1. The fourth-order valence-electron chi connectivity index (χ4n) is 1.78. The Hall–Kier alpha value is -0.250. The summed E-state index contributed by atoms with van der Waals surface area (Å²) >= 11 is 13.6. The second-order valence-corrected chi connectivity index (χ2v) is 6.77. The van der Waals surface area contributed by atoms with Crippen LogP contribution in [0.3, 0.4) is 0 Å². The van der Waals surface area contributed by atoms with E-state index in [0.717, 1.165) is 5.56 Å². The van der Waals surface area contributed by atoms with Gasteiger partial charge in [-0.15, -0.1) is 23.2 Å². The van der Waals surface area contributed by atoms with Gasteiger partial charge in [-0.2, -0.15) is 11.3 Å². The molecule has 1 heterocycles. The average molecular weight is 278 g/mol. The van der Waals surface area contributed by atoms with E-state index in [1.807, 2.05) is 23.8 Å². The Morgan fingerprint density at radius 1 is 1.62 bits per heavy atom. The van der Waals surface area contributed by atoms with Crippen LogP contribution in [0.4, 0.5) is 0 Å². The number of thiophene rings is 1. The molecule has 1 aromatic heterocycles. The molecule has 1 aliphatic rings. The molecule has 0 saturated heterocycles. The van der Waals surface area contributed by atoms with Crippen LogP contribution in [0.25, 0.3) is 0 Å². The van der Waals surface area contributed by atoms with Crippen LogP contribution >= 0.6 is 34.5 Å². The molecule has 0 spiro atoms. The molecule has 16 heavy (non-hydrogen) atoms. The minimum absolute atomic E-state index is 0.0173. The minimum Gasteiger partial charge on any atom is -0.341 e. The molecule has 1 amide bonds. The van der Waals surface area contributed by atoms with E-state index in [2.05, 4.69) is 0 Å². The van der Waals surface area contributed by atoms with Crippen LogP contribution < -0.4 is 0 Å². The van der Waals surface area contributed by atoms with Crippen molar-refractivity contribution in [2.24, 2.45) is 5.41 Å². The highest BCUT2D eigenvalue weighted by Gasteiger charge is 2.68. The zero-order chi connectivity index (χ0) is 12.0. The quantitative estimate of drug-likeness (QED) is 0.777. The summed E-state index contributed by atoms with van der Waals surface area (Å²) in [5.74, 6) is 0.0173. The Morgan fingerprint density at radius 3 is 2.69 bits per heavy atom. The summed E-state index contributed by atoms with van der Waals surface area (Å²) < 4.78 is -0.882. The maximum Gasteiger partial charge on any atom is 0.231 e. The van der Waals surface area contributed by atoms with Crippen molar-refractivity contribution >= 4 is 40.4 Å². The Bertz CT molecular complexity index is 404. The second kappa shape index (κ2) is 3.90. The Balaban J connectivity index is 2.01. The number of rotatable bonds is 3. The maximum absolute atomic E-state index is 12.1. The number of hydrogen-bond donors (Lipinski definition) is 0. The van der Waals surface area contributed by atoms with Crippen molar-refractivity contribution in [3.63, 3.8) is 0 Å². The van der Waals surface area contributed by atoms with Gasteiger partial charge in [-0.05, 0) is 35.7 Å². The molecule has 1 fully saturated rings. The van der Waals surface area contributed by atoms with Gasteiger partial charge in [0.25, 0.3) is 0 Å². The lowest BCUT2D eigenvalue weighted by Crippen LogP contribution is -2.34. The zero-order valence-electron chi connectivity index (χ0n) is 9.17. The van der Waals surface area contributed by atoms with Crippen molar-refractivity contribution in [3.05, 3.63) is 22.4 Å². The van der Waals surface area contributed by atoms with Crippen LogP contribution in [-0.4, -0.2) is 22.2 Å². The van der Waals surface area contributed by atoms with Gasteiger partial charge in [0.1, 0.15) is 4.33 Å². The number of alkyl halides is 2. The van der Waals surface area contributed by atoms with E-state index in [1.54, 1.807) is 23.3 Å². The van der Waals surface area contributed by atoms with Gasteiger partial charge in [0, 0.05) is 13.6 Å². The van der Waals surface area contributed by atoms with Gasteiger partial charge in [-0.1, -0.05) is 0 Å². The minimum atomic E-state index is -0.882. The molecule has 5 heteroatoms. The van der Waals surface area contributed by atoms with Gasteiger partial charge in [0.2, 0.25) is 5.91 Å². The number of hydrogen-bond acceptors (Lipinski definition) is 2. The van der Waals surface area contributed by atoms with Crippen molar-refractivity contribution in [2.75, 3.05) is 7.05 Å². The van der Waals surface area contributed by atoms with E-state index < -0.39 is 9.75 Å². The molecule has 1 saturated carbocycles. The van der Waals surface area contributed by atoms with E-state index in [1.165, 1.54) is 0 Å². The average Bonchev–Trinajstić information content (AvgIpc) is 2.61. The summed E-state index contributed by atoms with van der Waals surface area (Å²) in [7, 11) is 1.79. The monoisotopic (exact) mass is 277 g/mol. The van der Waals surface area contributed by atoms with Gasteiger partial charge >= 0.3 is 0 Å². The normalized spacial score (nSPS) is 26.5. The van der Waals surface area contributed by atoms with Gasteiger partial charge in [0.05, 0.1) is 5.41 Å². The molecule has 0 radical (unpaired) electrons. The van der Waals surface area contributed by atoms with Crippen molar-refractivity contribution in [1.29, 1.82) is 0 Å². The van der Waals surface area contributed by atoms with E-state index in [0.29, 0.717) is 13.0 Å². The first-order valence-corrected chi connectivity index (χ1v) is 6.71. The molecule has 0 bridgehead atoms. The zero-order valence-corrected chi connectivity index (χ0v) is 11.5. The third-order valence-corrected chi connectivity index (χ3v) is 4.91. The smallest absolute Gasteiger partial charge is 0.231 e. The second-order valence-electron chi connectivity index (χ2n) is 4.51. The molecule has 88 valence electrons. The third-order valence-electron chi connectivity index (χ3n) is 3.08. The molecule has 0 aromatic carbocycles. The van der Waals surface area contributed by atoms with Crippen LogP contribution in [0.2, 0.25) is 0 Å². The number of nitrogens with zero attached hydrogens (tertiary/aromatic N) is 1. The standard InChI is InChI=1S/C11H13Cl2NOS/c1-10(7-11(10,12)13)9(15)14(2)5-8-3-4-16-6-8/h3-4,6H,5,7H2,1-2H3/t10-/m1/s1. The Morgan fingerprint density at radius 2 is 2.25 bits per heavy atom.